The van der Waals surface area contributed by atoms with Crippen LogP contribution in [0.5, 0.6) is 0 Å². The SMILES string of the molecule is CC(C)(C)C(=O)OCOP(=O)(O)n1cc(NC(=O)c2c(Cl)cccc2Cl)c(C(=O)NC2CCNCC2)n1. The number of aromatic nitrogens is 2. The third kappa shape index (κ3) is 7.53. The summed E-state index contributed by atoms with van der Waals surface area (Å²) in [6.07, 6.45) is 2.31. The Morgan fingerprint density at radius 2 is 1.81 bits per heavy atom. The zero-order valence-electron chi connectivity index (χ0n) is 20.4. The molecule has 1 atom stereocenters. The molecule has 2 heterocycles. The van der Waals surface area contributed by atoms with Crippen molar-refractivity contribution in [3.8, 4) is 0 Å². The number of piperidine rings is 1. The Bertz CT molecular complexity index is 1200. The van der Waals surface area contributed by atoms with Gasteiger partial charge in [0.15, 0.2) is 5.69 Å². The molecule has 1 aromatic heterocycles. The molecule has 1 aliphatic rings. The van der Waals surface area contributed by atoms with Gasteiger partial charge in [0.25, 0.3) is 11.8 Å². The van der Waals surface area contributed by atoms with E-state index in [1.165, 1.54) is 12.1 Å². The highest BCUT2D eigenvalue weighted by Crippen LogP contribution is 2.44. The molecule has 1 unspecified atom stereocenters. The van der Waals surface area contributed by atoms with Gasteiger partial charge in [0.1, 0.15) is 0 Å². The van der Waals surface area contributed by atoms with Gasteiger partial charge < -0.3 is 25.6 Å². The van der Waals surface area contributed by atoms with Gasteiger partial charge >= 0.3 is 13.7 Å². The molecule has 1 aromatic carbocycles. The molecule has 2 amide bonds. The van der Waals surface area contributed by atoms with Crippen LogP contribution in [0.2, 0.25) is 10.0 Å². The van der Waals surface area contributed by atoms with Crippen molar-refractivity contribution >= 4 is 54.4 Å². The standard InChI is InChI=1S/C22H28Cl2N5O7P/c1-22(2,3)21(32)35-12-36-37(33,34)29-11-16(27-19(30)17-14(23)5-4-6-15(17)24)18(28-29)20(31)26-13-7-9-25-10-8-13/h4-6,11,13,25H,7-10,12H2,1-3H3,(H,26,31)(H,27,30)(H,33,34). The number of hydrogen-bond donors (Lipinski definition) is 4. The van der Waals surface area contributed by atoms with E-state index >= 15 is 0 Å². The Kier molecular flexibility index (Phi) is 9.38. The molecule has 0 bridgehead atoms. The first-order valence-electron chi connectivity index (χ1n) is 11.3. The van der Waals surface area contributed by atoms with Crippen LogP contribution in [0, 0.1) is 5.41 Å². The molecule has 15 heteroatoms. The molecule has 1 saturated heterocycles. The van der Waals surface area contributed by atoms with Crippen molar-refractivity contribution in [3.05, 3.63) is 45.7 Å². The molecule has 4 N–H and O–H groups in total. The number of anilines is 1. The Morgan fingerprint density at radius 1 is 1.19 bits per heavy atom. The van der Waals surface area contributed by atoms with Gasteiger partial charge in [-0.1, -0.05) is 29.3 Å². The molecule has 0 saturated carbocycles. The second-order valence-corrected chi connectivity index (χ2v) is 11.7. The molecule has 3 rings (SSSR count). The number of halogens is 2. The van der Waals surface area contributed by atoms with Crippen LogP contribution < -0.4 is 16.0 Å². The lowest BCUT2D eigenvalue weighted by Crippen LogP contribution is -2.43. The third-order valence-electron chi connectivity index (χ3n) is 5.31. The number of carbonyl (C=O) groups excluding carboxylic acids is 3. The van der Waals surface area contributed by atoms with Crippen molar-refractivity contribution in [2.45, 2.75) is 39.7 Å². The van der Waals surface area contributed by atoms with Crippen molar-refractivity contribution in [3.63, 3.8) is 0 Å². The largest absolute Gasteiger partial charge is 0.455 e. The van der Waals surface area contributed by atoms with Crippen LogP contribution >= 0.6 is 30.9 Å². The van der Waals surface area contributed by atoms with Gasteiger partial charge in [0, 0.05) is 6.04 Å². The van der Waals surface area contributed by atoms with Gasteiger partial charge in [-0.25, -0.2) is 4.57 Å². The van der Waals surface area contributed by atoms with E-state index in [2.05, 4.69) is 21.0 Å². The van der Waals surface area contributed by atoms with Crippen LogP contribution in [0.4, 0.5) is 5.69 Å². The summed E-state index contributed by atoms with van der Waals surface area (Å²) >= 11 is 12.2. The van der Waals surface area contributed by atoms with Gasteiger partial charge in [-0.3, -0.25) is 18.9 Å². The molecular formula is C22H28Cl2N5O7P. The topological polar surface area (TPSA) is 161 Å². The van der Waals surface area contributed by atoms with Crippen LogP contribution in [-0.2, 0) is 18.6 Å². The minimum Gasteiger partial charge on any atom is -0.437 e. The van der Waals surface area contributed by atoms with Gasteiger partial charge in [-0.2, -0.15) is 9.55 Å². The summed E-state index contributed by atoms with van der Waals surface area (Å²) in [4.78, 5) is 48.3. The molecule has 1 fully saturated rings. The smallest absolute Gasteiger partial charge is 0.437 e. The lowest BCUT2D eigenvalue weighted by Gasteiger charge is -2.23. The summed E-state index contributed by atoms with van der Waals surface area (Å²) in [6.45, 7) is 5.40. The van der Waals surface area contributed by atoms with Crippen LogP contribution in [0.3, 0.4) is 0 Å². The van der Waals surface area contributed by atoms with Crippen molar-refractivity contribution in [2.75, 3.05) is 25.2 Å². The van der Waals surface area contributed by atoms with E-state index in [1.807, 2.05) is 0 Å². The molecule has 0 radical (unpaired) electrons. The maximum Gasteiger partial charge on any atom is 0.455 e. The van der Waals surface area contributed by atoms with E-state index in [0.717, 1.165) is 6.20 Å². The average Bonchev–Trinajstić information content (AvgIpc) is 3.23. The van der Waals surface area contributed by atoms with Crippen molar-refractivity contribution in [1.29, 1.82) is 0 Å². The lowest BCUT2D eigenvalue weighted by molar-refractivity contribution is -0.160. The molecule has 12 nitrogen and oxygen atoms in total. The predicted molar refractivity (Wildman–Crippen MR) is 137 cm³/mol. The van der Waals surface area contributed by atoms with E-state index < -0.39 is 37.7 Å². The lowest BCUT2D eigenvalue weighted by atomic mass is 9.98. The first-order valence-corrected chi connectivity index (χ1v) is 13.6. The number of carbonyl (C=O) groups is 3. The molecule has 0 spiro atoms. The van der Waals surface area contributed by atoms with Crippen LogP contribution in [0.25, 0.3) is 0 Å². The maximum absolute atomic E-state index is 13.0. The van der Waals surface area contributed by atoms with Crippen LogP contribution in [0.15, 0.2) is 24.4 Å². The zero-order chi connectivity index (χ0) is 27.4. The number of amides is 2. The number of rotatable bonds is 8. The first-order chi connectivity index (χ1) is 17.3. The Balaban J connectivity index is 1.87. The number of nitrogens with zero attached hydrogens (tertiary/aromatic N) is 2. The quantitative estimate of drug-likeness (QED) is 0.210. The molecule has 0 aliphatic carbocycles. The van der Waals surface area contributed by atoms with Crippen molar-refractivity contribution in [2.24, 2.45) is 5.41 Å². The summed E-state index contributed by atoms with van der Waals surface area (Å²) in [5, 5.41) is 12.5. The number of ether oxygens (including phenoxy) is 1. The first kappa shape index (κ1) is 29.1. The summed E-state index contributed by atoms with van der Waals surface area (Å²) in [7, 11) is -4.74. The summed E-state index contributed by atoms with van der Waals surface area (Å²) < 4.78 is 23.1. The number of benzene rings is 1. The van der Waals surface area contributed by atoms with Gasteiger partial charge in [-0.15, -0.1) is 0 Å². The molecule has 1 aliphatic heterocycles. The molecular weight excluding hydrogens is 548 g/mol. The molecule has 37 heavy (non-hydrogen) atoms. The van der Waals surface area contributed by atoms with Crippen LogP contribution in [0.1, 0.15) is 54.5 Å². The number of nitrogens with one attached hydrogen (secondary N) is 3. The van der Waals surface area contributed by atoms with Crippen LogP contribution in [-0.4, -0.2) is 58.2 Å². The Labute approximate surface area is 223 Å². The maximum atomic E-state index is 13.0. The Morgan fingerprint density at radius 3 is 2.41 bits per heavy atom. The highest BCUT2D eigenvalue weighted by atomic mass is 35.5. The predicted octanol–water partition coefficient (Wildman–Crippen LogP) is 3.44. The number of hydrogen-bond acceptors (Lipinski definition) is 8. The van der Waals surface area contributed by atoms with E-state index in [4.69, 9.17) is 32.5 Å². The second-order valence-electron chi connectivity index (χ2n) is 9.28. The van der Waals surface area contributed by atoms with E-state index in [0.29, 0.717) is 30.4 Å². The summed E-state index contributed by atoms with van der Waals surface area (Å²) in [6, 6.07) is 4.33. The minimum atomic E-state index is -4.74. The zero-order valence-corrected chi connectivity index (χ0v) is 22.8. The van der Waals surface area contributed by atoms with E-state index in [-0.39, 0.29) is 33.0 Å². The second kappa shape index (κ2) is 11.9. The van der Waals surface area contributed by atoms with E-state index in [9.17, 15) is 23.8 Å². The fourth-order valence-corrected chi connectivity index (χ4v) is 4.64. The molecule has 2 aromatic rings. The fraction of sp³-hybridized carbons (Fsp3) is 0.455. The summed E-state index contributed by atoms with van der Waals surface area (Å²) in [5.74, 6) is -2.09. The summed E-state index contributed by atoms with van der Waals surface area (Å²) in [5.41, 5.74) is -1.43. The highest BCUT2D eigenvalue weighted by Gasteiger charge is 2.31. The van der Waals surface area contributed by atoms with Crippen molar-refractivity contribution < 1.29 is 33.1 Å². The fourth-order valence-electron chi connectivity index (χ4n) is 3.29. The average molecular weight is 576 g/mol. The third-order valence-corrected chi connectivity index (χ3v) is 7.11. The van der Waals surface area contributed by atoms with Gasteiger partial charge in [0.2, 0.25) is 6.79 Å². The number of esters is 1. The van der Waals surface area contributed by atoms with Crippen molar-refractivity contribution in [1.82, 2.24) is 20.2 Å². The van der Waals surface area contributed by atoms with Gasteiger partial charge in [-0.05, 0) is 58.8 Å². The van der Waals surface area contributed by atoms with E-state index in [1.54, 1.807) is 26.8 Å². The minimum absolute atomic E-state index is 0.0548. The normalized spacial score (nSPS) is 16.1. The van der Waals surface area contributed by atoms with Gasteiger partial charge in [0.05, 0.1) is 32.9 Å². The highest BCUT2D eigenvalue weighted by molar-refractivity contribution is 7.51. The molecule has 202 valence electrons. The Hall–Kier alpha value is -2.47. The monoisotopic (exact) mass is 575 g/mol.